The molecule has 0 bridgehead atoms. The average Bonchev–Trinajstić information content (AvgIpc) is 2.29. The van der Waals surface area contributed by atoms with Gasteiger partial charge in [-0.3, -0.25) is 9.41 Å². The molecule has 0 unspecified atom stereocenters. The molecule has 0 amide bonds. The van der Waals surface area contributed by atoms with Gasteiger partial charge in [0.15, 0.2) is 12.4 Å². The second-order valence-corrected chi connectivity index (χ2v) is 4.00. The Morgan fingerprint density at radius 3 is 2.59 bits per heavy atom. The molecule has 90 valence electrons. The number of nitrogens with zero attached hydrogens (tertiary/aromatic N) is 1. The number of aromatic nitrogens is 1. The van der Waals surface area contributed by atoms with Gasteiger partial charge in [0.1, 0.15) is 0 Å². The van der Waals surface area contributed by atoms with Crippen LogP contribution in [-0.2, 0) is 14.8 Å². The van der Waals surface area contributed by atoms with Gasteiger partial charge in [-0.15, -0.1) is 0 Å². The fourth-order valence-electron chi connectivity index (χ4n) is 1.25. The van der Waals surface area contributed by atoms with Crippen LogP contribution in [-0.4, -0.2) is 22.8 Å². The van der Waals surface area contributed by atoms with E-state index in [4.69, 9.17) is 5.73 Å². The summed E-state index contributed by atoms with van der Waals surface area (Å²) in [6, 6.07) is 3.26. The van der Waals surface area contributed by atoms with Gasteiger partial charge in [0.25, 0.3) is 0 Å². The number of hydrogen-bond donors (Lipinski definition) is 2. The predicted octanol–water partition coefficient (Wildman–Crippen LogP) is 0.500. The fraction of sp³-hybridized carbons (Fsp3) is 0.250. The molecule has 0 aliphatic rings. The highest BCUT2D eigenvalue weighted by Gasteiger charge is 2.24. The summed E-state index contributed by atoms with van der Waals surface area (Å²) in [6.45, 7) is 6.32. The van der Waals surface area contributed by atoms with Crippen LogP contribution < -0.4 is 5.73 Å². The Balaban J connectivity index is 3.10. The molecule has 5 nitrogen and oxygen atoms in total. The van der Waals surface area contributed by atoms with Crippen LogP contribution in [0.5, 0.6) is 0 Å². The van der Waals surface area contributed by atoms with E-state index < -0.39 is 11.6 Å². The zero-order chi connectivity index (χ0) is 13.1. The van der Waals surface area contributed by atoms with Crippen LogP contribution in [0, 0.1) is 0 Å². The van der Waals surface area contributed by atoms with Crippen molar-refractivity contribution >= 4 is 18.3 Å². The zero-order valence-electron chi connectivity index (χ0n) is 9.80. The highest BCUT2D eigenvalue weighted by molar-refractivity contribution is 6.13. The second-order valence-electron chi connectivity index (χ2n) is 4.00. The SMILES string of the molecule is C=[O+]C(=O)/C(=C/N)c1ccc(C(C)(C)O)cn1. The summed E-state index contributed by atoms with van der Waals surface area (Å²) < 4.78 is 4.33. The summed E-state index contributed by atoms with van der Waals surface area (Å²) >= 11 is 0. The molecule has 0 aliphatic carbocycles. The van der Waals surface area contributed by atoms with E-state index in [0.717, 1.165) is 6.20 Å². The van der Waals surface area contributed by atoms with E-state index in [1.54, 1.807) is 26.0 Å². The first kappa shape index (κ1) is 13.1. The third kappa shape index (κ3) is 2.98. The van der Waals surface area contributed by atoms with E-state index >= 15 is 0 Å². The van der Waals surface area contributed by atoms with E-state index in [1.807, 2.05) is 0 Å². The Kier molecular flexibility index (Phi) is 3.75. The van der Waals surface area contributed by atoms with E-state index in [-0.39, 0.29) is 5.57 Å². The molecular weight excluding hydrogens is 220 g/mol. The van der Waals surface area contributed by atoms with Crippen molar-refractivity contribution in [2.75, 3.05) is 0 Å². The molecule has 0 saturated carbocycles. The standard InChI is InChI=1S/C12H14N2O3/c1-12(2,16)8-4-5-10(14-7-8)9(6-13)11(15)17-3/h4-7,16H,3H2,1-2H3,(H-,13,14,15)/p+1. The van der Waals surface area contributed by atoms with Crippen LogP contribution in [0.4, 0.5) is 0 Å². The molecule has 0 aliphatic heterocycles. The average molecular weight is 235 g/mol. The van der Waals surface area contributed by atoms with Gasteiger partial charge >= 0.3 is 5.97 Å². The van der Waals surface area contributed by atoms with E-state index in [9.17, 15) is 9.90 Å². The Morgan fingerprint density at radius 2 is 2.24 bits per heavy atom. The first-order chi connectivity index (χ1) is 7.90. The molecule has 3 N–H and O–H groups in total. The molecule has 0 atom stereocenters. The summed E-state index contributed by atoms with van der Waals surface area (Å²) in [7, 11) is 0. The summed E-state index contributed by atoms with van der Waals surface area (Å²) in [6.07, 6.45) is 2.59. The van der Waals surface area contributed by atoms with Crippen LogP contribution in [0.3, 0.4) is 0 Å². The molecule has 1 aromatic rings. The van der Waals surface area contributed by atoms with Crippen LogP contribution in [0.25, 0.3) is 5.57 Å². The lowest BCUT2D eigenvalue weighted by Gasteiger charge is -2.16. The van der Waals surface area contributed by atoms with E-state index in [1.165, 1.54) is 6.20 Å². The molecule has 0 fully saturated rings. The number of rotatable bonds is 3. The minimum atomic E-state index is -0.981. The molecule has 0 spiro atoms. The minimum Gasteiger partial charge on any atom is -0.404 e. The lowest BCUT2D eigenvalue weighted by atomic mass is 10.00. The topological polar surface area (TPSA) is 87.5 Å². The summed E-state index contributed by atoms with van der Waals surface area (Å²) in [5.41, 5.74) is 5.48. The Bertz CT molecular complexity index is 456. The zero-order valence-corrected chi connectivity index (χ0v) is 9.80. The van der Waals surface area contributed by atoms with Crippen molar-refractivity contribution < 1.29 is 14.3 Å². The summed E-state index contributed by atoms with van der Waals surface area (Å²) in [4.78, 5) is 15.4. The summed E-state index contributed by atoms with van der Waals surface area (Å²) in [5.74, 6) is -0.656. The quantitative estimate of drug-likeness (QED) is 0.590. The van der Waals surface area contributed by atoms with Crippen molar-refractivity contribution in [3.8, 4) is 0 Å². The Hall–Kier alpha value is -2.01. The van der Waals surface area contributed by atoms with Crippen LogP contribution >= 0.6 is 0 Å². The maximum Gasteiger partial charge on any atom is 0.616 e. The monoisotopic (exact) mass is 235 g/mol. The van der Waals surface area contributed by atoms with Gasteiger partial charge in [0, 0.05) is 18.0 Å². The molecule has 0 saturated heterocycles. The van der Waals surface area contributed by atoms with E-state index in [0.29, 0.717) is 11.3 Å². The first-order valence-electron chi connectivity index (χ1n) is 4.97. The third-order valence-electron chi connectivity index (χ3n) is 2.26. The van der Waals surface area contributed by atoms with Crippen molar-refractivity contribution in [1.29, 1.82) is 0 Å². The van der Waals surface area contributed by atoms with Crippen molar-refractivity contribution in [3.05, 3.63) is 35.8 Å². The molecule has 1 rings (SSSR count). The third-order valence-corrected chi connectivity index (χ3v) is 2.26. The van der Waals surface area contributed by atoms with E-state index in [2.05, 4.69) is 16.2 Å². The van der Waals surface area contributed by atoms with Gasteiger partial charge in [-0.2, -0.15) is 0 Å². The molecular formula is C12H15N2O3+. The van der Waals surface area contributed by atoms with Gasteiger partial charge in [-0.05, 0) is 19.9 Å². The van der Waals surface area contributed by atoms with Gasteiger partial charge < -0.3 is 10.8 Å². The van der Waals surface area contributed by atoms with Gasteiger partial charge in [-0.1, -0.05) is 6.07 Å². The van der Waals surface area contributed by atoms with Gasteiger partial charge in [0.05, 0.1) is 16.1 Å². The second kappa shape index (κ2) is 4.88. The number of aliphatic hydroxyl groups is 1. The molecule has 17 heavy (non-hydrogen) atoms. The molecule has 0 radical (unpaired) electrons. The number of carbonyl (C=O) groups excluding carboxylic acids is 2. The minimum absolute atomic E-state index is 0.127. The van der Waals surface area contributed by atoms with Crippen molar-refractivity contribution in [2.24, 2.45) is 5.73 Å². The Labute approximate surface area is 99.3 Å². The van der Waals surface area contributed by atoms with Crippen molar-refractivity contribution in [2.45, 2.75) is 19.4 Å². The van der Waals surface area contributed by atoms with Crippen LogP contribution in [0.15, 0.2) is 24.5 Å². The van der Waals surface area contributed by atoms with Crippen LogP contribution in [0.1, 0.15) is 25.1 Å². The first-order valence-corrected chi connectivity index (χ1v) is 4.97. The fourth-order valence-corrected chi connectivity index (χ4v) is 1.25. The normalized spacial score (nSPS) is 12.3. The molecule has 0 aromatic carbocycles. The smallest absolute Gasteiger partial charge is 0.404 e. The number of nitrogens with two attached hydrogens (primary N) is 1. The van der Waals surface area contributed by atoms with Gasteiger partial charge in [-0.25, -0.2) is 0 Å². The lowest BCUT2D eigenvalue weighted by molar-refractivity contribution is -0.360. The highest BCUT2D eigenvalue weighted by Crippen LogP contribution is 2.20. The number of hydrogen-bond acceptors (Lipinski definition) is 4. The molecule has 5 heteroatoms. The number of pyridine rings is 1. The largest absolute Gasteiger partial charge is 0.616 e. The number of carbonyl (C=O) groups is 1. The summed E-state index contributed by atoms with van der Waals surface area (Å²) in [5, 5.41) is 9.75. The van der Waals surface area contributed by atoms with Gasteiger partial charge in [0.2, 0.25) is 0 Å². The molecule has 1 aromatic heterocycles. The highest BCUT2D eigenvalue weighted by atomic mass is 16.4. The maximum absolute atomic E-state index is 11.3. The predicted molar refractivity (Wildman–Crippen MR) is 63.8 cm³/mol. The maximum atomic E-state index is 11.3. The van der Waals surface area contributed by atoms with Crippen LogP contribution in [0.2, 0.25) is 0 Å². The van der Waals surface area contributed by atoms with Crippen molar-refractivity contribution in [1.82, 2.24) is 4.98 Å². The Morgan fingerprint density at radius 1 is 1.59 bits per heavy atom. The van der Waals surface area contributed by atoms with Crippen molar-refractivity contribution in [3.63, 3.8) is 0 Å². The molecule has 1 heterocycles. The lowest BCUT2D eigenvalue weighted by Crippen LogP contribution is -2.16.